The largest absolute Gasteiger partial charge is 0.480 e. The number of hydrogen-bond donors (Lipinski definition) is 1. The number of carboxylic acids is 1. The van der Waals surface area contributed by atoms with Crippen molar-refractivity contribution in [3.63, 3.8) is 0 Å². The molecule has 1 N–H and O–H groups in total. The Bertz CT molecular complexity index is 433. The zero-order valence-electron chi connectivity index (χ0n) is 9.66. The molecule has 92 valence electrons. The number of rotatable bonds is 5. The number of non-ortho nitro benzene ring substituents is 1. The molecule has 0 saturated carbocycles. The number of hydrogen-bond acceptors (Lipinski definition) is 4. The van der Waals surface area contributed by atoms with E-state index in [2.05, 4.69) is 0 Å². The highest BCUT2D eigenvalue weighted by Gasteiger charge is 2.21. The van der Waals surface area contributed by atoms with Crippen molar-refractivity contribution >= 4 is 17.3 Å². The third-order valence-corrected chi connectivity index (χ3v) is 2.59. The maximum atomic E-state index is 11.0. The van der Waals surface area contributed by atoms with E-state index < -0.39 is 16.9 Å². The van der Waals surface area contributed by atoms with E-state index in [0.717, 1.165) is 0 Å². The van der Waals surface area contributed by atoms with Crippen LogP contribution in [-0.2, 0) is 4.79 Å². The molecule has 0 aromatic heterocycles. The van der Waals surface area contributed by atoms with Gasteiger partial charge < -0.3 is 10.0 Å². The molecule has 0 aliphatic carbocycles. The van der Waals surface area contributed by atoms with Crippen LogP contribution in [-0.4, -0.2) is 29.1 Å². The quantitative estimate of drug-likeness (QED) is 0.625. The summed E-state index contributed by atoms with van der Waals surface area (Å²) in [6, 6.07) is 5.25. The molecule has 0 fully saturated rings. The molecule has 1 aromatic carbocycles. The number of nitrogens with zero attached hydrogens (tertiary/aromatic N) is 2. The van der Waals surface area contributed by atoms with Crippen molar-refractivity contribution in [1.29, 1.82) is 0 Å². The first-order chi connectivity index (χ1) is 7.97. The Morgan fingerprint density at radius 2 is 2.24 bits per heavy atom. The highest BCUT2D eigenvalue weighted by Crippen LogP contribution is 2.22. The summed E-state index contributed by atoms with van der Waals surface area (Å²) < 4.78 is 0. The summed E-state index contributed by atoms with van der Waals surface area (Å²) in [5.41, 5.74) is 0.475. The number of anilines is 1. The Morgan fingerprint density at radius 3 is 2.71 bits per heavy atom. The van der Waals surface area contributed by atoms with E-state index >= 15 is 0 Å². The first-order valence-corrected chi connectivity index (χ1v) is 5.17. The second kappa shape index (κ2) is 5.29. The van der Waals surface area contributed by atoms with Crippen LogP contribution in [0.4, 0.5) is 11.4 Å². The van der Waals surface area contributed by atoms with E-state index in [1.165, 1.54) is 17.0 Å². The molecule has 0 amide bonds. The number of carboxylic acid groups (broad SMARTS) is 1. The van der Waals surface area contributed by atoms with Crippen molar-refractivity contribution in [2.75, 3.05) is 11.9 Å². The second-order valence-electron chi connectivity index (χ2n) is 3.65. The van der Waals surface area contributed by atoms with Crippen molar-refractivity contribution in [3.05, 3.63) is 34.4 Å². The van der Waals surface area contributed by atoms with Gasteiger partial charge in [-0.3, -0.25) is 10.1 Å². The van der Waals surface area contributed by atoms with Gasteiger partial charge in [-0.05, 0) is 12.5 Å². The van der Waals surface area contributed by atoms with Gasteiger partial charge in [-0.2, -0.15) is 0 Å². The lowest BCUT2D eigenvalue weighted by Gasteiger charge is -2.25. The minimum absolute atomic E-state index is 0.0467. The fourth-order valence-electron chi connectivity index (χ4n) is 1.62. The standard InChI is InChI=1S/C11H14N2O4/c1-3-10(11(14)15)12(2)8-5-4-6-9(7-8)13(16)17/h4-7,10H,3H2,1-2H3,(H,14,15)/t10-/m0/s1. The summed E-state index contributed by atoms with van der Waals surface area (Å²) in [5.74, 6) is -0.943. The van der Waals surface area contributed by atoms with Gasteiger partial charge in [-0.25, -0.2) is 4.79 Å². The van der Waals surface area contributed by atoms with Crippen LogP contribution >= 0.6 is 0 Å². The van der Waals surface area contributed by atoms with Crippen molar-refractivity contribution in [2.45, 2.75) is 19.4 Å². The highest BCUT2D eigenvalue weighted by atomic mass is 16.6. The maximum absolute atomic E-state index is 11.0. The van der Waals surface area contributed by atoms with Gasteiger partial charge in [0.15, 0.2) is 0 Å². The van der Waals surface area contributed by atoms with Crippen LogP contribution in [0.25, 0.3) is 0 Å². The summed E-state index contributed by atoms with van der Waals surface area (Å²) in [4.78, 5) is 22.6. The predicted octanol–water partition coefficient (Wildman–Crippen LogP) is 1.89. The van der Waals surface area contributed by atoms with Crippen LogP contribution < -0.4 is 4.90 Å². The molecule has 0 aliphatic rings. The van der Waals surface area contributed by atoms with Gasteiger partial charge in [0.25, 0.3) is 5.69 Å². The van der Waals surface area contributed by atoms with Crippen molar-refractivity contribution in [1.82, 2.24) is 0 Å². The molecule has 1 atom stereocenters. The molecule has 0 unspecified atom stereocenters. The smallest absolute Gasteiger partial charge is 0.326 e. The van der Waals surface area contributed by atoms with Crippen LogP contribution in [0.3, 0.4) is 0 Å². The van der Waals surface area contributed by atoms with E-state index in [1.54, 1.807) is 26.1 Å². The fourth-order valence-corrected chi connectivity index (χ4v) is 1.62. The van der Waals surface area contributed by atoms with Crippen molar-refractivity contribution < 1.29 is 14.8 Å². The van der Waals surface area contributed by atoms with Gasteiger partial charge in [0.05, 0.1) is 4.92 Å². The molecule has 6 nitrogen and oxygen atoms in total. The lowest BCUT2D eigenvalue weighted by atomic mass is 10.1. The molecule has 17 heavy (non-hydrogen) atoms. The molecule has 0 bridgehead atoms. The molecular formula is C11H14N2O4. The monoisotopic (exact) mass is 238 g/mol. The van der Waals surface area contributed by atoms with E-state index in [0.29, 0.717) is 12.1 Å². The summed E-state index contributed by atoms with van der Waals surface area (Å²) >= 11 is 0. The van der Waals surface area contributed by atoms with E-state index in [-0.39, 0.29) is 5.69 Å². The highest BCUT2D eigenvalue weighted by molar-refractivity contribution is 5.78. The summed E-state index contributed by atoms with van der Waals surface area (Å²) in [7, 11) is 1.61. The molecule has 0 saturated heterocycles. The summed E-state index contributed by atoms with van der Waals surface area (Å²) in [6.07, 6.45) is 0.425. The number of benzene rings is 1. The van der Waals surface area contributed by atoms with Crippen LogP contribution in [0.5, 0.6) is 0 Å². The van der Waals surface area contributed by atoms with Crippen molar-refractivity contribution in [3.8, 4) is 0 Å². The topological polar surface area (TPSA) is 83.7 Å². The van der Waals surface area contributed by atoms with Gasteiger partial charge in [-0.15, -0.1) is 0 Å². The molecule has 1 aromatic rings. The van der Waals surface area contributed by atoms with Crippen LogP contribution in [0, 0.1) is 10.1 Å². The molecule has 0 radical (unpaired) electrons. The molecule has 0 aliphatic heterocycles. The maximum Gasteiger partial charge on any atom is 0.326 e. The lowest BCUT2D eigenvalue weighted by Crippen LogP contribution is -2.37. The lowest BCUT2D eigenvalue weighted by molar-refractivity contribution is -0.384. The van der Waals surface area contributed by atoms with Crippen LogP contribution in [0.1, 0.15) is 13.3 Å². The molecule has 0 heterocycles. The van der Waals surface area contributed by atoms with Gasteiger partial charge in [0.1, 0.15) is 6.04 Å². The summed E-state index contributed by atoms with van der Waals surface area (Å²) in [5, 5.41) is 19.6. The van der Waals surface area contributed by atoms with E-state index in [9.17, 15) is 14.9 Å². The zero-order chi connectivity index (χ0) is 13.0. The molecule has 1 rings (SSSR count). The van der Waals surface area contributed by atoms with E-state index in [4.69, 9.17) is 5.11 Å². The fraction of sp³-hybridized carbons (Fsp3) is 0.364. The van der Waals surface area contributed by atoms with Gasteiger partial charge in [0, 0.05) is 24.9 Å². The first-order valence-electron chi connectivity index (χ1n) is 5.17. The van der Waals surface area contributed by atoms with Crippen LogP contribution in [0.15, 0.2) is 24.3 Å². The Labute approximate surface area is 98.6 Å². The predicted molar refractivity (Wildman–Crippen MR) is 63.2 cm³/mol. The van der Waals surface area contributed by atoms with Gasteiger partial charge in [0.2, 0.25) is 0 Å². The van der Waals surface area contributed by atoms with E-state index in [1.807, 2.05) is 0 Å². The third kappa shape index (κ3) is 2.93. The minimum atomic E-state index is -0.943. The van der Waals surface area contributed by atoms with Crippen molar-refractivity contribution in [2.24, 2.45) is 0 Å². The average molecular weight is 238 g/mol. The number of aliphatic carboxylic acids is 1. The molecule has 6 heteroatoms. The number of carbonyl (C=O) groups is 1. The third-order valence-electron chi connectivity index (χ3n) is 2.59. The van der Waals surface area contributed by atoms with Gasteiger partial charge in [-0.1, -0.05) is 13.0 Å². The Kier molecular flexibility index (Phi) is 4.03. The normalized spacial score (nSPS) is 11.9. The number of likely N-dealkylation sites (N-methyl/N-ethyl adjacent to an activating group) is 1. The summed E-state index contributed by atoms with van der Waals surface area (Å²) in [6.45, 7) is 1.76. The average Bonchev–Trinajstić information content (AvgIpc) is 2.29. The SMILES string of the molecule is CC[C@@H](C(=O)O)N(C)c1cccc([N+](=O)[O-])c1. The zero-order valence-corrected chi connectivity index (χ0v) is 9.66. The van der Waals surface area contributed by atoms with Crippen LogP contribution in [0.2, 0.25) is 0 Å². The Balaban J connectivity index is 3.02. The first kappa shape index (κ1) is 13.0. The number of nitro benzene ring substituents is 1. The Hall–Kier alpha value is -2.11. The molecular weight excluding hydrogens is 224 g/mol. The second-order valence-corrected chi connectivity index (χ2v) is 3.65. The number of nitro groups is 1. The molecule has 0 spiro atoms. The van der Waals surface area contributed by atoms with Gasteiger partial charge >= 0.3 is 5.97 Å². The Morgan fingerprint density at radius 1 is 1.59 bits per heavy atom. The minimum Gasteiger partial charge on any atom is -0.480 e.